The summed E-state index contributed by atoms with van der Waals surface area (Å²) in [6.07, 6.45) is 1.88. The third kappa shape index (κ3) is 4.66. The van der Waals surface area contributed by atoms with Gasteiger partial charge in [0.2, 0.25) is 0 Å². The van der Waals surface area contributed by atoms with Gasteiger partial charge in [0.25, 0.3) is 0 Å². The minimum atomic E-state index is 0.353. The molecule has 2 nitrogen and oxygen atoms in total. The van der Waals surface area contributed by atoms with Gasteiger partial charge in [-0.25, -0.2) is 0 Å². The van der Waals surface area contributed by atoms with E-state index in [1.54, 1.807) is 12.1 Å². The SMILES string of the molecule is N#C/C(=C/c1ccc(OCc2ccc(Cl)cc2Cl)cc1)c1ccc2ccccc2c1. The lowest BCUT2D eigenvalue weighted by Crippen LogP contribution is -1.96. The molecule has 0 aliphatic rings. The van der Waals surface area contributed by atoms with Gasteiger partial charge in [-0.2, -0.15) is 5.26 Å². The van der Waals surface area contributed by atoms with E-state index in [0.29, 0.717) is 22.2 Å². The second-order valence-corrected chi connectivity index (χ2v) is 7.67. The molecule has 0 heterocycles. The Kier molecular flexibility index (Phi) is 6.05. The van der Waals surface area contributed by atoms with E-state index in [1.807, 2.05) is 72.8 Å². The first-order valence-corrected chi connectivity index (χ1v) is 10.2. The molecule has 0 aliphatic carbocycles. The lowest BCUT2D eigenvalue weighted by molar-refractivity contribution is 0.306. The number of benzene rings is 4. The summed E-state index contributed by atoms with van der Waals surface area (Å²) < 4.78 is 5.82. The fraction of sp³-hybridized carbons (Fsp3) is 0.0385. The highest BCUT2D eigenvalue weighted by Gasteiger charge is 2.05. The van der Waals surface area contributed by atoms with Crippen molar-refractivity contribution < 1.29 is 4.74 Å². The summed E-state index contributed by atoms with van der Waals surface area (Å²) in [6.45, 7) is 0.353. The van der Waals surface area contributed by atoms with Crippen LogP contribution in [0.15, 0.2) is 84.9 Å². The topological polar surface area (TPSA) is 33.0 Å². The Morgan fingerprint density at radius 1 is 0.867 bits per heavy atom. The Hall–Kier alpha value is -3.25. The van der Waals surface area contributed by atoms with Crippen molar-refractivity contribution in [3.63, 3.8) is 0 Å². The van der Waals surface area contributed by atoms with Gasteiger partial charge in [-0.05, 0) is 58.3 Å². The van der Waals surface area contributed by atoms with E-state index in [2.05, 4.69) is 12.1 Å². The van der Waals surface area contributed by atoms with Crippen molar-refractivity contribution >= 4 is 45.6 Å². The molecular formula is C26H17Cl2NO. The Morgan fingerprint density at radius 3 is 2.37 bits per heavy atom. The smallest absolute Gasteiger partial charge is 0.119 e. The summed E-state index contributed by atoms with van der Waals surface area (Å²) in [6, 6.07) is 29.4. The van der Waals surface area contributed by atoms with E-state index in [9.17, 15) is 5.26 Å². The van der Waals surface area contributed by atoms with E-state index in [4.69, 9.17) is 27.9 Å². The first kappa shape index (κ1) is 20.0. The minimum Gasteiger partial charge on any atom is -0.489 e. The van der Waals surface area contributed by atoms with E-state index in [-0.39, 0.29) is 0 Å². The van der Waals surface area contributed by atoms with Gasteiger partial charge in [-0.3, -0.25) is 0 Å². The number of halogens is 2. The van der Waals surface area contributed by atoms with Crippen LogP contribution < -0.4 is 4.74 Å². The predicted octanol–water partition coefficient (Wildman–Crippen LogP) is 7.79. The Balaban J connectivity index is 1.50. The fourth-order valence-corrected chi connectivity index (χ4v) is 3.63. The summed E-state index contributed by atoms with van der Waals surface area (Å²) in [4.78, 5) is 0. The molecule has 0 atom stereocenters. The largest absolute Gasteiger partial charge is 0.489 e. The zero-order valence-electron chi connectivity index (χ0n) is 16.0. The van der Waals surface area contributed by atoms with Crippen molar-refractivity contribution in [3.05, 3.63) is 112 Å². The lowest BCUT2D eigenvalue weighted by atomic mass is 10.0. The van der Waals surface area contributed by atoms with E-state index < -0.39 is 0 Å². The van der Waals surface area contributed by atoms with Gasteiger partial charge in [0.05, 0.1) is 11.6 Å². The van der Waals surface area contributed by atoms with Crippen molar-refractivity contribution in [2.45, 2.75) is 6.61 Å². The molecule has 0 unspecified atom stereocenters. The maximum Gasteiger partial charge on any atom is 0.119 e. The Labute approximate surface area is 185 Å². The summed E-state index contributed by atoms with van der Waals surface area (Å²) >= 11 is 12.1. The molecule has 0 fully saturated rings. The van der Waals surface area contributed by atoms with Crippen LogP contribution in [0, 0.1) is 11.3 Å². The van der Waals surface area contributed by atoms with Gasteiger partial charge in [0.15, 0.2) is 0 Å². The molecule has 0 amide bonds. The van der Waals surface area contributed by atoms with Crippen molar-refractivity contribution in [2.75, 3.05) is 0 Å². The van der Waals surface area contributed by atoms with Crippen LogP contribution in [0.1, 0.15) is 16.7 Å². The molecule has 0 bridgehead atoms. The van der Waals surface area contributed by atoms with Crippen molar-refractivity contribution in [1.82, 2.24) is 0 Å². The quantitative estimate of drug-likeness (QED) is 0.239. The minimum absolute atomic E-state index is 0.353. The summed E-state index contributed by atoms with van der Waals surface area (Å²) in [5.74, 6) is 0.724. The molecule has 4 rings (SSSR count). The highest BCUT2D eigenvalue weighted by atomic mass is 35.5. The van der Waals surface area contributed by atoms with Gasteiger partial charge in [-0.15, -0.1) is 0 Å². The van der Waals surface area contributed by atoms with Gasteiger partial charge < -0.3 is 4.74 Å². The van der Waals surface area contributed by atoms with Crippen LogP contribution in [0.3, 0.4) is 0 Å². The van der Waals surface area contributed by atoms with Crippen LogP contribution in [-0.4, -0.2) is 0 Å². The second-order valence-electron chi connectivity index (χ2n) is 6.83. The van der Waals surface area contributed by atoms with Gasteiger partial charge in [-0.1, -0.05) is 77.8 Å². The number of allylic oxidation sites excluding steroid dienone is 1. The maximum atomic E-state index is 9.66. The molecule has 0 spiro atoms. The van der Waals surface area contributed by atoms with Crippen LogP contribution in [-0.2, 0) is 6.61 Å². The number of fused-ring (bicyclic) bond motifs is 1. The van der Waals surface area contributed by atoms with Gasteiger partial charge >= 0.3 is 0 Å². The summed E-state index contributed by atoms with van der Waals surface area (Å²) in [7, 11) is 0. The maximum absolute atomic E-state index is 9.66. The third-order valence-electron chi connectivity index (χ3n) is 4.78. The van der Waals surface area contributed by atoms with E-state index in [0.717, 1.165) is 33.2 Å². The standard InChI is InChI=1S/C26H17Cl2NO/c27-24-10-9-22(26(28)15-24)17-30-25-11-5-18(6-12-25)13-23(16-29)21-8-7-19-3-1-2-4-20(19)14-21/h1-15H,17H2/b23-13-. The second kappa shape index (κ2) is 9.05. The van der Waals surface area contributed by atoms with Crippen LogP contribution >= 0.6 is 23.2 Å². The van der Waals surface area contributed by atoms with Gasteiger partial charge in [0, 0.05) is 15.6 Å². The number of rotatable bonds is 5. The molecule has 0 aromatic heterocycles. The third-order valence-corrected chi connectivity index (χ3v) is 5.37. The van der Waals surface area contributed by atoms with Crippen LogP contribution in [0.5, 0.6) is 5.75 Å². The van der Waals surface area contributed by atoms with Gasteiger partial charge in [0.1, 0.15) is 12.4 Å². The number of ether oxygens (including phenoxy) is 1. The summed E-state index contributed by atoms with van der Waals surface area (Å²) in [5.41, 5.74) is 3.31. The molecular weight excluding hydrogens is 413 g/mol. The first-order valence-electron chi connectivity index (χ1n) is 9.40. The van der Waals surface area contributed by atoms with E-state index >= 15 is 0 Å². The molecule has 4 aromatic rings. The molecule has 4 heteroatoms. The van der Waals surface area contributed by atoms with Crippen molar-refractivity contribution in [1.29, 1.82) is 5.26 Å². The van der Waals surface area contributed by atoms with Crippen molar-refractivity contribution in [2.24, 2.45) is 0 Å². The summed E-state index contributed by atoms with van der Waals surface area (Å²) in [5, 5.41) is 13.1. The lowest BCUT2D eigenvalue weighted by Gasteiger charge is -2.08. The molecule has 0 radical (unpaired) electrons. The fourth-order valence-electron chi connectivity index (χ4n) is 3.16. The van der Waals surface area contributed by atoms with E-state index in [1.165, 1.54) is 0 Å². The molecule has 30 heavy (non-hydrogen) atoms. The molecule has 146 valence electrons. The van der Waals surface area contributed by atoms with Crippen molar-refractivity contribution in [3.8, 4) is 11.8 Å². The van der Waals surface area contributed by atoms with Crippen LogP contribution in [0.25, 0.3) is 22.4 Å². The number of hydrogen-bond acceptors (Lipinski definition) is 2. The number of nitrogens with zero attached hydrogens (tertiary/aromatic N) is 1. The molecule has 0 N–H and O–H groups in total. The Morgan fingerprint density at radius 2 is 1.63 bits per heavy atom. The zero-order chi connectivity index (χ0) is 20.9. The normalized spacial score (nSPS) is 11.3. The average molecular weight is 430 g/mol. The van der Waals surface area contributed by atoms with Crippen LogP contribution in [0.4, 0.5) is 0 Å². The monoisotopic (exact) mass is 429 g/mol. The highest BCUT2D eigenvalue weighted by molar-refractivity contribution is 6.35. The highest BCUT2D eigenvalue weighted by Crippen LogP contribution is 2.25. The average Bonchev–Trinajstić information content (AvgIpc) is 2.77. The van der Waals surface area contributed by atoms with Crippen LogP contribution in [0.2, 0.25) is 10.0 Å². The number of nitriles is 1. The molecule has 0 saturated heterocycles. The Bertz CT molecular complexity index is 1270. The first-order chi connectivity index (χ1) is 14.6. The number of hydrogen-bond donors (Lipinski definition) is 0. The molecule has 0 saturated carbocycles. The molecule has 0 aliphatic heterocycles. The predicted molar refractivity (Wildman–Crippen MR) is 125 cm³/mol. The zero-order valence-corrected chi connectivity index (χ0v) is 17.5. The molecule has 4 aromatic carbocycles.